The molecule has 0 radical (unpaired) electrons. The molecule has 0 spiro atoms. The fraction of sp³-hybridized carbons (Fsp3) is 0.636. The molecule has 1 heterocycles. The second-order valence-corrected chi connectivity index (χ2v) is 10.2. The summed E-state index contributed by atoms with van der Waals surface area (Å²) in [5.41, 5.74) is 0. The lowest BCUT2D eigenvalue weighted by atomic mass is 9.81. The van der Waals surface area contributed by atoms with E-state index in [2.05, 4.69) is 21.9 Å². The van der Waals surface area contributed by atoms with E-state index >= 15 is 0 Å². The van der Waals surface area contributed by atoms with Gasteiger partial charge in [0.15, 0.2) is 0 Å². The van der Waals surface area contributed by atoms with Crippen LogP contribution in [0.15, 0.2) is 35.2 Å². The minimum absolute atomic E-state index is 0.0203. The number of likely N-dealkylation sites (N-methyl/N-ethyl adjacent to an activating group) is 1. The number of hydrogen-bond donors (Lipinski definition) is 2. The van der Waals surface area contributed by atoms with Crippen molar-refractivity contribution in [3.05, 3.63) is 30.3 Å². The van der Waals surface area contributed by atoms with E-state index in [1.807, 2.05) is 4.90 Å². The molecule has 0 unspecified atom stereocenters. The zero-order valence-electron chi connectivity index (χ0n) is 18.3. The molecule has 2 N–H and O–H groups in total. The first-order valence-corrected chi connectivity index (χ1v) is 12.7. The van der Waals surface area contributed by atoms with Crippen LogP contribution in [-0.4, -0.2) is 75.8 Å². The van der Waals surface area contributed by atoms with Gasteiger partial charge in [0, 0.05) is 38.6 Å². The van der Waals surface area contributed by atoms with Crippen LogP contribution in [0.2, 0.25) is 0 Å². The van der Waals surface area contributed by atoms with E-state index in [1.54, 1.807) is 30.3 Å². The van der Waals surface area contributed by atoms with Crippen molar-refractivity contribution in [1.29, 1.82) is 0 Å². The van der Waals surface area contributed by atoms with Gasteiger partial charge in [-0.15, -0.1) is 0 Å². The molecule has 1 aliphatic heterocycles. The van der Waals surface area contributed by atoms with E-state index in [9.17, 15) is 18.0 Å². The molecule has 0 aromatic heterocycles. The quantitative estimate of drug-likeness (QED) is 0.617. The molecule has 1 saturated heterocycles. The Kier molecular flexibility index (Phi) is 8.45. The highest BCUT2D eigenvalue weighted by atomic mass is 32.2. The number of sulfonamides is 1. The van der Waals surface area contributed by atoms with Gasteiger partial charge in [-0.1, -0.05) is 25.1 Å². The molecule has 1 saturated carbocycles. The lowest BCUT2D eigenvalue weighted by molar-refractivity contribution is -0.135. The van der Waals surface area contributed by atoms with Crippen LogP contribution in [0.4, 0.5) is 0 Å². The van der Waals surface area contributed by atoms with Crippen molar-refractivity contribution >= 4 is 21.8 Å². The molecule has 9 heteroatoms. The van der Waals surface area contributed by atoms with Gasteiger partial charge < -0.3 is 15.1 Å². The number of hydrogen-bond acceptors (Lipinski definition) is 5. The smallest absolute Gasteiger partial charge is 0.242 e. The Morgan fingerprint density at radius 2 is 1.65 bits per heavy atom. The van der Waals surface area contributed by atoms with Gasteiger partial charge in [-0.3, -0.25) is 9.59 Å². The molecule has 1 aromatic carbocycles. The third-order valence-corrected chi connectivity index (χ3v) is 7.86. The number of piperazine rings is 1. The predicted octanol–water partition coefficient (Wildman–Crippen LogP) is 1.05. The van der Waals surface area contributed by atoms with E-state index in [1.165, 1.54) is 0 Å². The summed E-state index contributed by atoms with van der Waals surface area (Å²) >= 11 is 0. The zero-order valence-corrected chi connectivity index (χ0v) is 19.1. The first kappa shape index (κ1) is 23.7. The average Bonchev–Trinajstić information content (AvgIpc) is 2.82. The molecule has 1 aliphatic carbocycles. The number of amides is 2. The summed E-state index contributed by atoms with van der Waals surface area (Å²) in [6.07, 6.45) is 3.02. The fourth-order valence-electron chi connectivity index (χ4n) is 4.27. The van der Waals surface area contributed by atoms with E-state index in [-0.39, 0.29) is 35.1 Å². The Morgan fingerprint density at radius 1 is 1.00 bits per heavy atom. The average molecular weight is 451 g/mol. The van der Waals surface area contributed by atoms with Crippen molar-refractivity contribution in [2.75, 3.05) is 45.8 Å². The lowest BCUT2D eigenvalue weighted by Crippen LogP contribution is -2.51. The Balaban J connectivity index is 1.35. The number of carbonyl (C=O) groups is 2. The molecule has 172 valence electrons. The van der Waals surface area contributed by atoms with Crippen LogP contribution in [0.5, 0.6) is 0 Å². The van der Waals surface area contributed by atoms with Crippen molar-refractivity contribution in [1.82, 2.24) is 19.8 Å². The maximum absolute atomic E-state index is 12.5. The van der Waals surface area contributed by atoms with Gasteiger partial charge in [0.25, 0.3) is 0 Å². The molecule has 0 bridgehead atoms. The van der Waals surface area contributed by atoms with Crippen molar-refractivity contribution in [2.45, 2.75) is 37.5 Å². The summed E-state index contributed by atoms with van der Waals surface area (Å²) in [5.74, 6) is 0.0303. The predicted molar refractivity (Wildman–Crippen MR) is 119 cm³/mol. The van der Waals surface area contributed by atoms with Crippen LogP contribution < -0.4 is 10.0 Å². The molecule has 1 aromatic rings. The highest BCUT2D eigenvalue weighted by Crippen LogP contribution is 2.28. The summed E-state index contributed by atoms with van der Waals surface area (Å²) in [5, 5.41) is 2.81. The molecule has 8 nitrogen and oxygen atoms in total. The third-order valence-electron chi connectivity index (χ3n) is 6.42. The van der Waals surface area contributed by atoms with Crippen LogP contribution in [0.1, 0.15) is 32.6 Å². The summed E-state index contributed by atoms with van der Waals surface area (Å²) in [6, 6.07) is 8.34. The van der Waals surface area contributed by atoms with Gasteiger partial charge in [0.1, 0.15) is 0 Å². The Morgan fingerprint density at radius 3 is 2.26 bits per heavy atom. The zero-order chi connectivity index (χ0) is 22.3. The second kappa shape index (κ2) is 11.1. The van der Waals surface area contributed by atoms with Crippen LogP contribution in [-0.2, 0) is 19.6 Å². The summed E-state index contributed by atoms with van der Waals surface area (Å²) in [6.45, 7) is 6.75. The number of nitrogens with one attached hydrogen (secondary N) is 2. The molecule has 0 atom stereocenters. The molecule has 31 heavy (non-hydrogen) atoms. The van der Waals surface area contributed by atoms with Gasteiger partial charge >= 0.3 is 0 Å². The highest BCUT2D eigenvalue weighted by Gasteiger charge is 2.28. The molecular weight excluding hydrogens is 416 g/mol. The van der Waals surface area contributed by atoms with Gasteiger partial charge in [-0.2, -0.15) is 0 Å². The third kappa shape index (κ3) is 6.75. The van der Waals surface area contributed by atoms with Crippen molar-refractivity contribution in [2.24, 2.45) is 11.8 Å². The van der Waals surface area contributed by atoms with Crippen molar-refractivity contribution in [3.8, 4) is 0 Å². The van der Waals surface area contributed by atoms with Gasteiger partial charge in [-0.25, -0.2) is 13.1 Å². The second-order valence-electron chi connectivity index (χ2n) is 8.42. The SMILES string of the molecule is CCN1CCN(C(=O)CNC(=O)C2CCC(CNS(=O)(=O)c3ccccc3)CC2)CC1. The van der Waals surface area contributed by atoms with E-state index in [4.69, 9.17) is 0 Å². The minimum Gasteiger partial charge on any atom is -0.347 e. The van der Waals surface area contributed by atoms with Crippen LogP contribution >= 0.6 is 0 Å². The van der Waals surface area contributed by atoms with Gasteiger partial charge in [0.05, 0.1) is 11.4 Å². The molecular formula is C22H34N4O4S. The van der Waals surface area contributed by atoms with Crippen molar-refractivity contribution in [3.63, 3.8) is 0 Å². The summed E-state index contributed by atoms with van der Waals surface area (Å²) < 4.78 is 27.4. The van der Waals surface area contributed by atoms with Crippen molar-refractivity contribution < 1.29 is 18.0 Å². The first-order valence-electron chi connectivity index (χ1n) is 11.2. The van der Waals surface area contributed by atoms with E-state index in [0.29, 0.717) is 32.5 Å². The lowest BCUT2D eigenvalue weighted by Gasteiger charge is -2.34. The largest absolute Gasteiger partial charge is 0.347 e. The highest BCUT2D eigenvalue weighted by molar-refractivity contribution is 7.89. The first-order chi connectivity index (χ1) is 14.9. The van der Waals surface area contributed by atoms with Crippen LogP contribution in [0, 0.1) is 11.8 Å². The van der Waals surface area contributed by atoms with E-state index < -0.39 is 10.0 Å². The Hall–Kier alpha value is -1.97. The Bertz CT molecular complexity index is 830. The monoisotopic (exact) mass is 450 g/mol. The van der Waals surface area contributed by atoms with Gasteiger partial charge in [0.2, 0.25) is 21.8 Å². The van der Waals surface area contributed by atoms with Crippen LogP contribution in [0.3, 0.4) is 0 Å². The van der Waals surface area contributed by atoms with Crippen LogP contribution in [0.25, 0.3) is 0 Å². The molecule has 2 aliphatic rings. The fourth-order valence-corrected chi connectivity index (χ4v) is 5.41. The maximum atomic E-state index is 12.5. The minimum atomic E-state index is -3.50. The summed E-state index contributed by atoms with van der Waals surface area (Å²) in [4.78, 5) is 29.2. The number of rotatable bonds is 8. The Labute approximate surface area is 185 Å². The number of benzene rings is 1. The molecule has 2 amide bonds. The topological polar surface area (TPSA) is 98.8 Å². The van der Waals surface area contributed by atoms with E-state index in [0.717, 1.165) is 32.5 Å². The van der Waals surface area contributed by atoms with Gasteiger partial charge in [-0.05, 0) is 50.3 Å². The normalized spacial score (nSPS) is 22.8. The molecule has 2 fully saturated rings. The standard InChI is InChI=1S/C22H34N4O4S/c1-2-25-12-14-26(15-13-25)21(27)17-23-22(28)19-10-8-18(9-11-19)16-24-31(29,30)20-6-4-3-5-7-20/h3-7,18-19,24H,2,8-17H2,1H3,(H,23,28). The summed E-state index contributed by atoms with van der Waals surface area (Å²) in [7, 11) is -3.50. The number of carbonyl (C=O) groups excluding carboxylic acids is 2. The maximum Gasteiger partial charge on any atom is 0.242 e. The molecule has 3 rings (SSSR count). The number of nitrogens with zero attached hydrogens (tertiary/aromatic N) is 2.